The molecule has 0 saturated heterocycles. The molecule has 0 radical (unpaired) electrons. The number of unbranched alkanes of at least 4 members (excludes halogenated alkanes) is 1. The number of hydrogen-bond donors (Lipinski definition) is 2. The smallest absolute Gasteiger partial charge is 0.326 e. The van der Waals surface area contributed by atoms with Crippen molar-refractivity contribution in [1.82, 2.24) is 5.32 Å². The molecule has 0 aliphatic carbocycles. The highest BCUT2D eigenvalue weighted by molar-refractivity contribution is 7.90. The van der Waals surface area contributed by atoms with Gasteiger partial charge >= 0.3 is 5.97 Å². The number of benzene rings is 1. The van der Waals surface area contributed by atoms with Crippen LogP contribution in [0.25, 0.3) is 0 Å². The van der Waals surface area contributed by atoms with E-state index in [0.29, 0.717) is 6.42 Å². The van der Waals surface area contributed by atoms with Gasteiger partial charge in [-0.2, -0.15) is 0 Å². The Morgan fingerprint density at radius 2 is 1.96 bits per heavy atom. The average Bonchev–Trinajstić information content (AvgIpc) is 2.49. The molecular weight excluding hydrogens is 340 g/mol. The molecule has 1 rings (SSSR count). The van der Waals surface area contributed by atoms with Crippen LogP contribution in [0, 0.1) is 10.1 Å². The maximum absolute atomic E-state index is 12.2. The summed E-state index contributed by atoms with van der Waals surface area (Å²) in [5.41, 5.74) is -0.851. The lowest BCUT2D eigenvalue weighted by Crippen LogP contribution is -2.40. The van der Waals surface area contributed by atoms with Crippen molar-refractivity contribution in [3.63, 3.8) is 0 Å². The molecule has 0 aliphatic heterocycles. The third-order valence-corrected chi connectivity index (χ3v) is 4.33. The van der Waals surface area contributed by atoms with Gasteiger partial charge in [-0.05, 0) is 12.5 Å². The number of hydrogen-bond acceptors (Lipinski definition) is 6. The first kappa shape index (κ1) is 19.6. The molecule has 132 valence electrons. The van der Waals surface area contributed by atoms with Gasteiger partial charge in [-0.1, -0.05) is 19.8 Å². The van der Waals surface area contributed by atoms with Crippen LogP contribution in [0.1, 0.15) is 36.5 Å². The summed E-state index contributed by atoms with van der Waals surface area (Å²) in [6, 6.07) is 1.58. The SMILES string of the molecule is CCCC[C@H](NC(=O)c1cc([N+](=O)[O-])cc(S(C)(=O)=O)c1)C(=O)O. The number of carboxylic acid groups (broad SMARTS) is 1. The number of nitrogens with zero attached hydrogens (tertiary/aromatic N) is 1. The second-order valence-electron chi connectivity index (χ2n) is 5.25. The first-order valence-electron chi connectivity index (χ1n) is 7.09. The molecule has 0 saturated carbocycles. The predicted molar refractivity (Wildman–Crippen MR) is 84.6 cm³/mol. The van der Waals surface area contributed by atoms with Gasteiger partial charge in [0.2, 0.25) is 0 Å². The quantitative estimate of drug-likeness (QED) is 0.527. The summed E-state index contributed by atoms with van der Waals surface area (Å²) in [4.78, 5) is 33.0. The summed E-state index contributed by atoms with van der Waals surface area (Å²) in [5, 5.41) is 22.3. The zero-order valence-electron chi connectivity index (χ0n) is 13.2. The summed E-state index contributed by atoms with van der Waals surface area (Å²) in [5.74, 6) is -2.11. The number of rotatable bonds is 8. The molecule has 24 heavy (non-hydrogen) atoms. The Morgan fingerprint density at radius 3 is 2.42 bits per heavy atom. The average molecular weight is 358 g/mol. The second-order valence-corrected chi connectivity index (χ2v) is 7.27. The van der Waals surface area contributed by atoms with E-state index < -0.39 is 38.4 Å². The molecule has 1 amide bonds. The molecule has 0 aliphatic rings. The number of aliphatic carboxylic acids is 1. The minimum Gasteiger partial charge on any atom is -0.480 e. The number of amides is 1. The molecule has 0 bridgehead atoms. The van der Waals surface area contributed by atoms with E-state index in [1.807, 2.05) is 6.92 Å². The van der Waals surface area contributed by atoms with Crippen LogP contribution in [0.15, 0.2) is 23.1 Å². The van der Waals surface area contributed by atoms with E-state index in [-0.39, 0.29) is 16.9 Å². The van der Waals surface area contributed by atoms with E-state index >= 15 is 0 Å². The van der Waals surface area contributed by atoms with Crippen molar-refractivity contribution in [2.75, 3.05) is 6.26 Å². The van der Waals surface area contributed by atoms with Gasteiger partial charge in [0.15, 0.2) is 9.84 Å². The Bertz CT molecular complexity index is 758. The van der Waals surface area contributed by atoms with Crippen LogP contribution in [-0.4, -0.2) is 42.6 Å². The Morgan fingerprint density at radius 1 is 1.33 bits per heavy atom. The van der Waals surface area contributed by atoms with Crippen LogP contribution in [0.4, 0.5) is 5.69 Å². The number of carbonyl (C=O) groups excluding carboxylic acids is 1. The number of non-ortho nitro benzene ring substituents is 1. The van der Waals surface area contributed by atoms with E-state index in [0.717, 1.165) is 30.9 Å². The molecule has 0 aromatic heterocycles. The second kappa shape index (κ2) is 7.86. The van der Waals surface area contributed by atoms with Crippen LogP contribution < -0.4 is 5.32 Å². The molecule has 0 unspecified atom stereocenters. The standard InChI is InChI=1S/C14H18N2O7S/c1-3-4-5-12(14(18)19)15-13(17)9-6-10(16(20)21)8-11(7-9)24(2,22)23/h6-8,12H,3-5H2,1-2H3,(H,15,17)(H,18,19)/t12-/m0/s1. The zero-order valence-corrected chi connectivity index (χ0v) is 14.0. The summed E-state index contributed by atoms with van der Waals surface area (Å²) in [6.45, 7) is 1.86. The molecule has 0 spiro atoms. The van der Waals surface area contributed by atoms with Crippen molar-refractivity contribution in [3.8, 4) is 0 Å². The van der Waals surface area contributed by atoms with E-state index in [2.05, 4.69) is 5.32 Å². The highest BCUT2D eigenvalue weighted by atomic mass is 32.2. The van der Waals surface area contributed by atoms with Crippen LogP contribution in [0.5, 0.6) is 0 Å². The van der Waals surface area contributed by atoms with Gasteiger partial charge in [0.1, 0.15) is 6.04 Å². The Hall–Kier alpha value is -2.49. The highest BCUT2D eigenvalue weighted by Gasteiger charge is 2.23. The first-order chi connectivity index (χ1) is 11.1. The molecule has 0 fully saturated rings. The lowest BCUT2D eigenvalue weighted by Gasteiger charge is -2.14. The Kier molecular flexibility index (Phi) is 6.41. The summed E-state index contributed by atoms with van der Waals surface area (Å²) < 4.78 is 23.2. The minimum absolute atomic E-state index is 0.200. The van der Waals surface area contributed by atoms with Gasteiger partial charge in [-0.15, -0.1) is 0 Å². The molecule has 1 aromatic rings. The summed E-state index contributed by atoms with van der Waals surface area (Å²) in [6.07, 6.45) is 2.36. The van der Waals surface area contributed by atoms with Crippen LogP contribution in [-0.2, 0) is 14.6 Å². The molecule has 9 nitrogen and oxygen atoms in total. The number of carbonyl (C=O) groups is 2. The summed E-state index contributed by atoms with van der Waals surface area (Å²) >= 11 is 0. The van der Waals surface area contributed by atoms with Crippen LogP contribution >= 0.6 is 0 Å². The van der Waals surface area contributed by atoms with Crippen molar-refractivity contribution in [3.05, 3.63) is 33.9 Å². The van der Waals surface area contributed by atoms with Crippen molar-refractivity contribution < 1.29 is 28.0 Å². The van der Waals surface area contributed by atoms with E-state index in [9.17, 15) is 28.1 Å². The normalized spacial score (nSPS) is 12.4. The van der Waals surface area contributed by atoms with Gasteiger partial charge < -0.3 is 10.4 Å². The van der Waals surface area contributed by atoms with Crippen molar-refractivity contribution in [2.24, 2.45) is 0 Å². The molecule has 1 aromatic carbocycles. The number of sulfone groups is 1. The van der Waals surface area contributed by atoms with Crippen molar-refractivity contribution >= 4 is 27.4 Å². The fraction of sp³-hybridized carbons (Fsp3) is 0.429. The lowest BCUT2D eigenvalue weighted by molar-refractivity contribution is -0.385. The maximum Gasteiger partial charge on any atom is 0.326 e. The number of carboxylic acids is 1. The van der Waals surface area contributed by atoms with E-state index in [1.165, 1.54) is 0 Å². The fourth-order valence-electron chi connectivity index (χ4n) is 1.94. The van der Waals surface area contributed by atoms with Gasteiger partial charge in [0, 0.05) is 24.0 Å². The van der Waals surface area contributed by atoms with E-state index in [1.54, 1.807) is 0 Å². The number of nitrogens with one attached hydrogen (secondary N) is 1. The maximum atomic E-state index is 12.2. The van der Waals surface area contributed by atoms with Gasteiger partial charge in [-0.3, -0.25) is 14.9 Å². The largest absolute Gasteiger partial charge is 0.480 e. The minimum atomic E-state index is -3.77. The number of nitro benzene ring substituents is 1. The highest BCUT2D eigenvalue weighted by Crippen LogP contribution is 2.21. The van der Waals surface area contributed by atoms with Crippen molar-refractivity contribution in [1.29, 1.82) is 0 Å². The molecule has 1 atom stereocenters. The number of nitro groups is 1. The Balaban J connectivity index is 3.19. The van der Waals surface area contributed by atoms with Crippen LogP contribution in [0.2, 0.25) is 0 Å². The predicted octanol–water partition coefficient (Wildman–Crippen LogP) is 1.37. The van der Waals surface area contributed by atoms with Crippen molar-refractivity contribution in [2.45, 2.75) is 37.1 Å². The molecule has 0 heterocycles. The molecular formula is C14H18N2O7S. The van der Waals surface area contributed by atoms with Gasteiger partial charge in [-0.25, -0.2) is 13.2 Å². The fourth-order valence-corrected chi connectivity index (χ4v) is 2.62. The first-order valence-corrected chi connectivity index (χ1v) is 8.98. The molecule has 2 N–H and O–H groups in total. The van der Waals surface area contributed by atoms with Crippen LogP contribution in [0.3, 0.4) is 0 Å². The topological polar surface area (TPSA) is 144 Å². The summed E-state index contributed by atoms with van der Waals surface area (Å²) in [7, 11) is -3.77. The van der Waals surface area contributed by atoms with Gasteiger partial charge in [0.25, 0.3) is 11.6 Å². The lowest BCUT2D eigenvalue weighted by atomic mass is 10.1. The van der Waals surface area contributed by atoms with Gasteiger partial charge in [0.05, 0.1) is 9.82 Å². The Labute approximate surface area is 138 Å². The third kappa shape index (κ3) is 5.30. The molecule has 10 heteroatoms. The third-order valence-electron chi connectivity index (χ3n) is 3.24. The van der Waals surface area contributed by atoms with E-state index in [4.69, 9.17) is 5.11 Å². The zero-order chi connectivity index (χ0) is 18.5. The monoisotopic (exact) mass is 358 g/mol.